The first-order chi connectivity index (χ1) is 26.2. The van der Waals surface area contributed by atoms with Gasteiger partial charge in [-0.25, -0.2) is 0 Å². The van der Waals surface area contributed by atoms with E-state index in [2.05, 4.69) is 62.7 Å². The van der Waals surface area contributed by atoms with Crippen LogP contribution in [0.1, 0.15) is 73.3 Å². The van der Waals surface area contributed by atoms with Gasteiger partial charge in [0.25, 0.3) is 0 Å². The lowest BCUT2D eigenvalue weighted by Crippen LogP contribution is -2.65. The van der Waals surface area contributed by atoms with E-state index in [1.54, 1.807) is 21.3 Å². The summed E-state index contributed by atoms with van der Waals surface area (Å²) in [6.07, 6.45) is 3.07. The van der Waals surface area contributed by atoms with Crippen LogP contribution in [0.3, 0.4) is 0 Å². The highest BCUT2D eigenvalue weighted by atomic mass is 16.7. The van der Waals surface area contributed by atoms with E-state index >= 15 is 0 Å². The standard InChI is InChI=1S/C44H60BN3O7/c1-26(2)19-38(45-54-37-25-31-24-36(43(31,5)6)44(37,7)55-45)47-42(50)39(27(3)4)48-41(49)33(20-28-21-34(51-8)40(53-10)35(22-28)52-9)46-32-18-14-17-30(23-32)29-15-12-11-13-16-29/h11-18,21-23,26-27,31,33,36-39,46H,19-20,24-25H2,1-10H3,(H,47,50)(H,48,49)/t31-,33?,36-,37+,38-,39?,44-/m0/s1. The van der Waals surface area contributed by atoms with Crippen molar-refractivity contribution in [2.45, 2.75) is 104 Å². The zero-order valence-corrected chi connectivity index (χ0v) is 34.2. The topological polar surface area (TPSA) is 116 Å². The van der Waals surface area contributed by atoms with Gasteiger partial charge in [0.15, 0.2) is 11.5 Å². The highest BCUT2D eigenvalue weighted by Crippen LogP contribution is 2.65. The minimum Gasteiger partial charge on any atom is -0.493 e. The summed E-state index contributed by atoms with van der Waals surface area (Å²) in [4.78, 5) is 28.8. The lowest BCUT2D eigenvalue weighted by atomic mass is 9.43. The van der Waals surface area contributed by atoms with Crippen LogP contribution < -0.4 is 30.2 Å². The number of rotatable bonds is 16. The van der Waals surface area contributed by atoms with Crippen molar-refractivity contribution in [3.63, 3.8) is 0 Å². The molecule has 1 saturated heterocycles. The maximum atomic E-state index is 14.5. The van der Waals surface area contributed by atoms with E-state index in [1.165, 1.54) is 0 Å². The van der Waals surface area contributed by atoms with Crippen LogP contribution in [-0.4, -0.2) is 70.0 Å². The first-order valence-electron chi connectivity index (χ1n) is 19.8. The predicted octanol–water partition coefficient (Wildman–Crippen LogP) is 7.34. The van der Waals surface area contributed by atoms with Crippen molar-refractivity contribution in [3.8, 4) is 28.4 Å². The molecular formula is C44H60BN3O7. The van der Waals surface area contributed by atoms with E-state index < -0.39 is 24.8 Å². The van der Waals surface area contributed by atoms with Crippen LogP contribution in [0.2, 0.25) is 0 Å². The number of nitrogens with one attached hydrogen (secondary N) is 3. The fourth-order valence-electron chi connectivity index (χ4n) is 9.20. The Morgan fingerprint density at radius 2 is 1.51 bits per heavy atom. The van der Waals surface area contributed by atoms with Crippen LogP contribution >= 0.6 is 0 Å². The molecule has 0 aromatic heterocycles. The van der Waals surface area contributed by atoms with Crippen molar-refractivity contribution in [3.05, 3.63) is 72.3 Å². The maximum Gasteiger partial charge on any atom is 0.481 e. The van der Waals surface area contributed by atoms with Crippen molar-refractivity contribution >= 4 is 24.6 Å². The Balaban J connectivity index is 1.24. The second-order valence-electron chi connectivity index (χ2n) is 17.2. The molecule has 3 aromatic carbocycles. The SMILES string of the molecule is COc1cc(CC(Nc2cccc(-c3ccccc3)c2)C(=O)NC(C(=O)N[C@@H](CC(C)C)B2O[C@@H]3C[C@@H]4C[C@@H](C4(C)C)[C@]3(C)O2)C(C)C)cc(OC)c1OC. The van der Waals surface area contributed by atoms with Crippen LogP contribution in [0.15, 0.2) is 66.7 Å². The third-order valence-electron chi connectivity index (χ3n) is 12.4. The summed E-state index contributed by atoms with van der Waals surface area (Å²) in [5.41, 5.74) is 3.45. The van der Waals surface area contributed by atoms with Gasteiger partial charge in [0.2, 0.25) is 17.6 Å². The Bertz CT molecular complexity index is 1790. The van der Waals surface area contributed by atoms with Gasteiger partial charge < -0.3 is 39.5 Å². The molecule has 4 aliphatic rings. The Kier molecular flexibility index (Phi) is 12.1. The molecule has 3 aromatic rings. The molecule has 2 amide bonds. The number of carbonyl (C=O) groups is 2. The molecule has 0 spiro atoms. The van der Waals surface area contributed by atoms with E-state index in [4.69, 9.17) is 23.5 Å². The molecule has 7 rings (SSSR count). The van der Waals surface area contributed by atoms with E-state index in [9.17, 15) is 9.59 Å². The Morgan fingerprint density at radius 3 is 2.11 bits per heavy atom. The van der Waals surface area contributed by atoms with Gasteiger partial charge in [0, 0.05) is 12.1 Å². The fraction of sp³-hybridized carbons (Fsp3) is 0.545. The highest BCUT2D eigenvalue weighted by molar-refractivity contribution is 6.48. The second kappa shape index (κ2) is 16.5. The van der Waals surface area contributed by atoms with Crippen molar-refractivity contribution in [1.29, 1.82) is 0 Å². The third-order valence-corrected chi connectivity index (χ3v) is 12.4. The summed E-state index contributed by atoms with van der Waals surface area (Å²) in [6, 6.07) is 20.2. The van der Waals surface area contributed by atoms with Gasteiger partial charge in [-0.3, -0.25) is 9.59 Å². The summed E-state index contributed by atoms with van der Waals surface area (Å²) in [7, 11) is 4.13. The van der Waals surface area contributed by atoms with Crippen LogP contribution in [-0.2, 0) is 25.3 Å². The molecule has 4 fully saturated rings. The van der Waals surface area contributed by atoms with Gasteiger partial charge in [0.05, 0.1) is 39.0 Å². The number of benzene rings is 3. The number of ether oxygens (including phenoxy) is 3. The molecule has 2 unspecified atom stereocenters. The fourth-order valence-corrected chi connectivity index (χ4v) is 9.20. The average molecular weight is 754 g/mol. The van der Waals surface area contributed by atoms with Gasteiger partial charge in [-0.2, -0.15) is 0 Å². The molecule has 3 N–H and O–H groups in total. The lowest BCUT2D eigenvalue weighted by Gasteiger charge is -2.64. The van der Waals surface area contributed by atoms with Gasteiger partial charge in [-0.05, 0) is 96.2 Å². The molecule has 3 saturated carbocycles. The molecule has 2 bridgehead atoms. The van der Waals surface area contributed by atoms with Crippen LogP contribution in [0.5, 0.6) is 17.2 Å². The second-order valence-corrected chi connectivity index (χ2v) is 17.2. The van der Waals surface area contributed by atoms with Crippen molar-refractivity contribution in [1.82, 2.24) is 10.6 Å². The Labute approximate surface area is 327 Å². The largest absolute Gasteiger partial charge is 0.493 e. The number of hydrogen-bond acceptors (Lipinski definition) is 8. The summed E-state index contributed by atoms with van der Waals surface area (Å²) < 4.78 is 30.3. The Morgan fingerprint density at radius 1 is 0.836 bits per heavy atom. The smallest absolute Gasteiger partial charge is 0.481 e. The van der Waals surface area contributed by atoms with E-state index in [-0.39, 0.29) is 47.5 Å². The van der Waals surface area contributed by atoms with E-state index in [1.807, 2.05) is 68.4 Å². The number of amides is 2. The predicted molar refractivity (Wildman–Crippen MR) is 217 cm³/mol. The van der Waals surface area contributed by atoms with Crippen molar-refractivity contribution in [2.75, 3.05) is 26.6 Å². The first-order valence-corrected chi connectivity index (χ1v) is 19.8. The summed E-state index contributed by atoms with van der Waals surface area (Å²) in [5, 5.41) is 9.91. The highest BCUT2D eigenvalue weighted by Gasteiger charge is 2.68. The molecule has 7 atom stereocenters. The quantitative estimate of drug-likeness (QED) is 0.130. The summed E-state index contributed by atoms with van der Waals surface area (Å²) in [6.45, 7) is 15.0. The van der Waals surface area contributed by atoms with E-state index in [0.29, 0.717) is 35.5 Å². The maximum absolute atomic E-state index is 14.5. The van der Waals surface area contributed by atoms with Gasteiger partial charge in [-0.15, -0.1) is 0 Å². The normalized spacial score (nSPS) is 23.9. The van der Waals surface area contributed by atoms with Crippen LogP contribution in [0.25, 0.3) is 11.1 Å². The lowest BCUT2D eigenvalue weighted by molar-refractivity contribution is -0.199. The molecular weight excluding hydrogens is 693 g/mol. The Hall–Kier alpha value is -4.22. The third kappa shape index (κ3) is 8.34. The van der Waals surface area contributed by atoms with Crippen molar-refractivity contribution in [2.24, 2.45) is 29.1 Å². The van der Waals surface area contributed by atoms with E-state index in [0.717, 1.165) is 35.2 Å². The number of hydrogen-bond donors (Lipinski definition) is 3. The molecule has 296 valence electrons. The van der Waals surface area contributed by atoms with Crippen LogP contribution in [0.4, 0.5) is 5.69 Å². The monoisotopic (exact) mass is 753 g/mol. The molecule has 55 heavy (non-hydrogen) atoms. The number of anilines is 1. The molecule has 1 aliphatic heterocycles. The van der Waals surface area contributed by atoms with Gasteiger partial charge in [-0.1, -0.05) is 84.0 Å². The molecule has 3 aliphatic carbocycles. The van der Waals surface area contributed by atoms with Gasteiger partial charge >= 0.3 is 7.12 Å². The first kappa shape index (κ1) is 40.4. The summed E-state index contributed by atoms with van der Waals surface area (Å²) in [5.74, 6) is 1.61. The minimum absolute atomic E-state index is 0.00358. The van der Waals surface area contributed by atoms with Crippen LogP contribution in [0, 0.1) is 29.1 Å². The molecule has 10 nitrogen and oxygen atoms in total. The number of carbonyl (C=O) groups excluding carboxylic acids is 2. The molecule has 0 radical (unpaired) electrons. The molecule has 1 heterocycles. The summed E-state index contributed by atoms with van der Waals surface area (Å²) >= 11 is 0. The zero-order chi connectivity index (χ0) is 39.7. The number of methoxy groups -OCH3 is 3. The molecule has 11 heteroatoms. The zero-order valence-electron chi connectivity index (χ0n) is 34.2. The van der Waals surface area contributed by atoms with Gasteiger partial charge in [0.1, 0.15) is 12.1 Å². The van der Waals surface area contributed by atoms with Crippen molar-refractivity contribution < 1.29 is 33.1 Å². The minimum atomic E-state index is -0.812. The average Bonchev–Trinajstić information content (AvgIpc) is 3.53.